The van der Waals surface area contributed by atoms with Crippen molar-refractivity contribution in [1.29, 1.82) is 0 Å². The van der Waals surface area contributed by atoms with Crippen LogP contribution in [0.1, 0.15) is 27.4 Å². The lowest BCUT2D eigenvalue weighted by Crippen LogP contribution is -1.91. The van der Waals surface area contributed by atoms with Crippen molar-refractivity contribution >= 4 is 43.5 Å². The number of hydrogen-bond acceptors (Lipinski definition) is 1. The first-order valence-corrected chi connectivity index (χ1v) is 13.8. The Bertz CT molecular complexity index is 3520. The Kier molecular flexibility index (Phi) is 2.90. The van der Waals surface area contributed by atoms with E-state index >= 15 is 0 Å². The lowest BCUT2D eigenvalue weighted by atomic mass is 9.84. The summed E-state index contributed by atoms with van der Waals surface area (Å²) in [6, 6.07) is -0.208. The Morgan fingerprint density at radius 2 is 0.889 bits per heavy atom. The number of furan rings is 1. The highest BCUT2D eigenvalue weighted by molar-refractivity contribution is 6.25. The summed E-state index contributed by atoms with van der Waals surface area (Å²) in [4.78, 5) is 0. The topological polar surface area (TPSA) is 13.1 Å². The van der Waals surface area contributed by atoms with Crippen LogP contribution < -0.4 is 0 Å². The average molecular weight is 593 g/mol. The SMILES string of the molecule is [2H]c1c([2H])c([2H])c(-c2c([2H])c([2H])c(-c3c4ccccc4c(-c4c([2H])c([2H])c([2H])c5oc6c([2H])c(-c7c([2H])c([2H])c([2H])c([2H])c7[2H])c([2H])c([2H])c6c45)c4ccccc34)c([2H])c2[2H])c([2H])c1[2H]. The summed E-state index contributed by atoms with van der Waals surface area (Å²) >= 11 is 0. The van der Waals surface area contributed by atoms with Gasteiger partial charge in [0.05, 0.1) is 27.4 Å². The van der Waals surface area contributed by atoms with E-state index in [0.717, 1.165) is 0 Å². The zero-order chi connectivity index (χ0) is 47.1. The maximum absolute atomic E-state index is 9.43. The molecule has 210 valence electrons. The smallest absolute Gasteiger partial charge is 0.136 e. The summed E-state index contributed by atoms with van der Waals surface area (Å²) in [7, 11) is 0. The molecule has 8 aromatic carbocycles. The molecule has 0 N–H and O–H groups in total. The van der Waals surface area contributed by atoms with Crippen molar-refractivity contribution < 1.29 is 31.8 Å². The molecule has 45 heavy (non-hydrogen) atoms. The van der Waals surface area contributed by atoms with Crippen LogP contribution in [0.4, 0.5) is 0 Å². The minimum absolute atomic E-state index is 0.0577. The number of fused-ring (bicyclic) bond motifs is 5. The second kappa shape index (κ2) is 10.4. The zero-order valence-electron chi connectivity index (χ0n) is 43.0. The summed E-state index contributed by atoms with van der Waals surface area (Å²) in [6.07, 6.45) is 0. The molecule has 9 rings (SSSR count). The van der Waals surface area contributed by atoms with Gasteiger partial charge in [-0.25, -0.2) is 0 Å². The Morgan fingerprint density at radius 3 is 1.51 bits per heavy atom. The van der Waals surface area contributed by atoms with E-state index in [2.05, 4.69) is 0 Å². The molecule has 0 saturated carbocycles. The standard InChI is InChI=1S/C44H28O/c1-3-12-29(13-4-1)31-22-24-32(25-23-31)42-34-16-7-9-18-36(34)43(37-19-10-8-17-35(37)42)39-20-11-21-40-44(39)38-27-26-33(28-41(38)45-40)30-14-5-2-6-15-30/h1-28H/i1D,2D,3D,4D,5D,6D,11D,12D,13D,14D,15D,20D,21D,22D,23D,24D,25D,26D,27D,28D. The molecule has 0 atom stereocenters. The van der Waals surface area contributed by atoms with Crippen LogP contribution in [0.3, 0.4) is 0 Å². The van der Waals surface area contributed by atoms with Crippen molar-refractivity contribution in [3.8, 4) is 44.5 Å². The van der Waals surface area contributed by atoms with E-state index in [9.17, 15) is 6.85 Å². The maximum Gasteiger partial charge on any atom is 0.136 e. The van der Waals surface area contributed by atoms with Gasteiger partial charge < -0.3 is 4.42 Å². The Morgan fingerprint density at radius 1 is 0.378 bits per heavy atom. The highest BCUT2D eigenvalue weighted by Crippen LogP contribution is 2.47. The second-order valence-corrected chi connectivity index (χ2v) is 10.1. The van der Waals surface area contributed by atoms with Crippen LogP contribution in [0.15, 0.2) is 174 Å². The third kappa shape index (κ3) is 4.17. The Balaban J connectivity index is 1.42. The Labute approximate surface area is 289 Å². The molecule has 0 aliphatic carbocycles. The first-order chi connectivity index (χ1) is 30.7. The van der Waals surface area contributed by atoms with Crippen LogP contribution in [0.25, 0.3) is 88.0 Å². The first kappa shape index (κ1) is 12.6. The van der Waals surface area contributed by atoms with Crippen molar-refractivity contribution in [1.82, 2.24) is 0 Å². The minimum Gasteiger partial charge on any atom is -0.456 e. The highest BCUT2D eigenvalue weighted by atomic mass is 16.3. The van der Waals surface area contributed by atoms with Gasteiger partial charge in [-0.05, 0) is 84.2 Å². The van der Waals surface area contributed by atoms with Crippen LogP contribution in [-0.4, -0.2) is 0 Å². The van der Waals surface area contributed by atoms with Gasteiger partial charge in [0.1, 0.15) is 11.2 Å². The molecule has 0 spiro atoms. The van der Waals surface area contributed by atoms with E-state index < -0.39 is 149 Å². The van der Waals surface area contributed by atoms with Crippen LogP contribution in [-0.2, 0) is 0 Å². The molecule has 1 heteroatoms. The molecular weight excluding hydrogens is 544 g/mol. The molecule has 0 saturated heterocycles. The van der Waals surface area contributed by atoms with Gasteiger partial charge in [0, 0.05) is 10.8 Å². The maximum atomic E-state index is 9.43. The summed E-state index contributed by atoms with van der Waals surface area (Å²) in [5.41, 5.74) is -2.59. The Hall–Kier alpha value is -5.92. The van der Waals surface area contributed by atoms with Crippen LogP contribution in [0.2, 0.25) is 0 Å². The van der Waals surface area contributed by atoms with Crippen molar-refractivity contribution in [3.05, 3.63) is 169 Å². The zero-order valence-corrected chi connectivity index (χ0v) is 23.0. The van der Waals surface area contributed by atoms with Crippen molar-refractivity contribution in [2.45, 2.75) is 0 Å². The van der Waals surface area contributed by atoms with Crippen LogP contribution in [0, 0.1) is 0 Å². The van der Waals surface area contributed by atoms with Gasteiger partial charge in [-0.3, -0.25) is 0 Å². The summed E-state index contributed by atoms with van der Waals surface area (Å²) in [5.74, 6) is 0. The van der Waals surface area contributed by atoms with Gasteiger partial charge in [0.2, 0.25) is 0 Å². The van der Waals surface area contributed by atoms with Crippen molar-refractivity contribution in [2.75, 3.05) is 0 Å². The molecule has 0 radical (unpaired) electrons. The van der Waals surface area contributed by atoms with Crippen LogP contribution in [0.5, 0.6) is 0 Å². The van der Waals surface area contributed by atoms with Gasteiger partial charge in [-0.1, -0.05) is 151 Å². The normalized spacial score (nSPS) is 17.8. The van der Waals surface area contributed by atoms with Gasteiger partial charge >= 0.3 is 0 Å². The largest absolute Gasteiger partial charge is 0.456 e. The molecule has 1 heterocycles. The number of benzene rings is 8. The molecule has 1 aromatic heterocycles. The van der Waals surface area contributed by atoms with Crippen LogP contribution >= 0.6 is 0 Å². The van der Waals surface area contributed by atoms with Gasteiger partial charge in [0.15, 0.2) is 0 Å². The number of rotatable bonds is 4. The predicted molar refractivity (Wildman–Crippen MR) is 190 cm³/mol. The van der Waals surface area contributed by atoms with Gasteiger partial charge in [-0.15, -0.1) is 0 Å². The van der Waals surface area contributed by atoms with E-state index in [4.69, 9.17) is 25.0 Å². The first-order valence-electron chi connectivity index (χ1n) is 23.8. The quantitative estimate of drug-likeness (QED) is 0.185. The molecule has 0 aliphatic rings. The van der Waals surface area contributed by atoms with Gasteiger partial charge in [0.25, 0.3) is 0 Å². The van der Waals surface area contributed by atoms with Crippen molar-refractivity contribution in [2.24, 2.45) is 0 Å². The fraction of sp³-hybridized carbons (Fsp3) is 0. The molecule has 9 aromatic rings. The molecule has 0 unspecified atom stereocenters. The fourth-order valence-corrected chi connectivity index (χ4v) is 5.74. The third-order valence-corrected chi connectivity index (χ3v) is 7.63. The molecule has 0 fully saturated rings. The average Bonchev–Trinajstić information content (AvgIpc) is 3.70. The molecule has 1 nitrogen and oxygen atoms in total. The summed E-state index contributed by atoms with van der Waals surface area (Å²) in [5, 5.41) is 0.971. The molecule has 0 amide bonds. The van der Waals surface area contributed by atoms with E-state index in [1.165, 1.54) is 0 Å². The second-order valence-electron chi connectivity index (χ2n) is 10.1. The number of hydrogen-bond donors (Lipinski definition) is 0. The van der Waals surface area contributed by atoms with E-state index in [1.807, 2.05) is 0 Å². The van der Waals surface area contributed by atoms with E-state index in [0.29, 0.717) is 21.5 Å². The van der Waals surface area contributed by atoms with Crippen molar-refractivity contribution in [3.63, 3.8) is 0 Å². The molecule has 0 bridgehead atoms. The highest BCUT2D eigenvalue weighted by Gasteiger charge is 2.20. The molecule has 0 aliphatic heterocycles. The van der Waals surface area contributed by atoms with E-state index in [-0.39, 0.29) is 38.6 Å². The van der Waals surface area contributed by atoms with E-state index in [1.54, 1.807) is 48.5 Å². The fourth-order valence-electron chi connectivity index (χ4n) is 5.74. The third-order valence-electron chi connectivity index (χ3n) is 7.63. The summed E-state index contributed by atoms with van der Waals surface area (Å²) < 4.78 is 181. The minimum atomic E-state index is -0.732. The van der Waals surface area contributed by atoms with Gasteiger partial charge in [-0.2, -0.15) is 0 Å². The monoisotopic (exact) mass is 592 g/mol. The lowest BCUT2D eigenvalue weighted by Gasteiger charge is -2.18. The summed E-state index contributed by atoms with van der Waals surface area (Å²) in [6.45, 7) is 0. The lowest BCUT2D eigenvalue weighted by molar-refractivity contribution is 0.669. The molecular formula is C44H28O. The predicted octanol–water partition coefficient (Wildman–Crippen LogP) is 12.6.